The predicted molar refractivity (Wildman–Crippen MR) is 139 cm³/mol. The molecule has 172 valence electrons. The summed E-state index contributed by atoms with van der Waals surface area (Å²) in [6.45, 7) is 3.56. The Balaban J connectivity index is 1.74. The van der Waals surface area contributed by atoms with Crippen LogP contribution in [0.1, 0.15) is 29.8 Å². The lowest BCUT2D eigenvalue weighted by molar-refractivity contribution is -0.129. The topological polar surface area (TPSA) is 95.9 Å². The molecule has 1 atom stereocenters. The number of carbonyl (C=O) groups is 3. The molecule has 1 aliphatic rings. The van der Waals surface area contributed by atoms with Crippen LogP contribution in [0.5, 0.6) is 5.75 Å². The highest BCUT2D eigenvalue weighted by Gasteiger charge is 2.38. The normalized spacial score (nSPS) is 15.6. The van der Waals surface area contributed by atoms with Crippen molar-refractivity contribution in [3.8, 4) is 5.75 Å². The fraction of sp³-hybridized carbons (Fsp3) is 0.182. The number of hydrogen-bond acceptors (Lipinski definition) is 7. The summed E-state index contributed by atoms with van der Waals surface area (Å²) in [7, 11) is 0. The van der Waals surface area contributed by atoms with Gasteiger partial charge in [-0.15, -0.1) is 0 Å². The van der Waals surface area contributed by atoms with Gasteiger partial charge < -0.3 is 15.2 Å². The van der Waals surface area contributed by atoms with Crippen molar-refractivity contribution in [3.63, 3.8) is 0 Å². The number of benzene rings is 2. The third kappa shape index (κ3) is 5.84. The SMILES string of the molecule is CCOC(=O)c1ccc(NC(=O)C(C)N2C(=O)/C(=C/c3cc(Br)cc(Br)c3O)SC2=S)cc1. The van der Waals surface area contributed by atoms with Crippen LogP contribution in [-0.4, -0.2) is 44.8 Å². The summed E-state index contributed by atoms with van der Waals surface area (Å²) < 4.78 is 6.36. The number of nitrogens with one attached hydrogen (secondary N) is 1. The van der Waals surface area contributed by atoms with Gasteiger partial charge in [0.15, 0.2) is 0 Å². The van der Waals surface area contributed by atoms with Crippen LogP contribution in [0.4, 0.5) is 5.69 Å². The molecular formula is C22H18Br2N2O5S2. The minimum Gasteiger partial charge on any atom is -0.506 e. The molecule has 1 aliphatic heterocycles. The van der Waals surface area contributed by atoms with Crippen LogP contribution in [0.25, 0.3) is 6.08 Å². The van der Waals surface area contributed by atoms with Crippen LogP contribution in [0.15, 0.2) is 50.2 Å². The first-order valence-corrected chi connectivity index (χ1v) is 12.5. The second-order valence-corrected chi connectivity index (χ2v) is 10.3. The van der Waals surface area contributed by atoms with E-state index in [0.29, 0.717) is 26.2 Å². The minimum atomic E-state index is -0.879. The van der Waals surface area contributed by atoms with Crippen LogP contribution in [0.2, 0.25) is 0 Å². The number of amides is 2. The summed E-state index contributed by atoms with van der Waals surface area (Å²) in [5.41, 5.74) is 1.26. The zero-order valence-electron chi connectivity index (χ0n) is 17.4. The number of thioether (sulfide) groups is 1. The Labute approximate surface area is 216 Å². The number of rotatable bonds is 6. The summed E-state index contributed by atoms with van der Waals surface area (Å²) in [6.07, 6.45) is 1.53. The van der Waals surface area contributed by atoms with Crippen molar-refractivity contribution >= 4 is 89.7 Å². The molecule has 0 aromatic heterocycles. The van der Waals surface area contributed by atoms with Gasteiger partial charge in [0.1, 0.15) is 16.1 Å². The molecule has 1 heterocycles. The zero-order valence-corrected chi connectivity index (χ0v) is 22.2. The quantitative estimate of drug-likeness (QED) is 0.258. The summed E-state index contributed by atoms with van der Waals surface area (Å²) in [5.74, 6) is -1.33. The van der Waals surface area contributed by atoms with Gasteiger partial charge in [0, 0.05) is 15.7 Å². The number of halogens is 2. The van der Waals surface area contributed by atoms with Crippen molar-refractivity contribution in [3.05, 3.63) is 61.4 Å². The molecule has 0 aliphatic carbocycles. The van der Waals surface area contributed by atoms with Gasteiger partial charge in [0.2, 0.25) is 5.91 Å². The second-order valence-electron chi connectivity index (χ2n) is 6.84. The van der Waals surface area contributed by atoms with Gasteiger partial charge in [-0.25, -0.2) is 4.79 Å². The lowest BCUT2D eigenvalue weighted by Crippen LogP contribution is -2.44. The summed E-state index contributed by atoms with van der Waals surface area (Å²) in [4.78, 5) is 39.1. The molecule has 0 saturated carbocycles. The third-order valence-corrected chi connectivity index (χ3v) is 6.99. The van der Waals surface area contributed by atoms with E-state index >= 15 is 0 Å². The Kier molecular flexibility index (Phi) is 8.33. The first-order chi connectivity index (χ1) is 15.6. The number of anilines is 1. The lowest BCUT2D eigenvalue weighted by atomic mass is 10.1. The van der Waals surface area contributed by atoms with Crippen LogP contribution in [-0.2, 0) is 14.3 Å². The largest absolute Gasteiger partial charge is 0.506 e. The van der Waals surface area contributed by atoms with E-state index in [4.69, 9.17) is 17.0 Å². The van der Waals surface area contributed by atoms with Crippen molar-refractivity contribution in [1.29, 1.82) is 0 Å². The van der Waals surface area contributed by atoms with Crippen molar-refractivity contribution in [2.75, 3.05) is 11.9 Å². The van der Waals surface area contributed by atoms with Gasteiger partial charge in [0.25, 0.3) is 5.91 Å². The van der Waals surface area contributed by atoms with Crippen LogP contribution >= 0.6 is 55.8 Å². The molecule has 0 radical (unpaired) electrons. The number of phenolic OH excluding ortho intramolecular Hbond substituents is 1. The number of carbonyl (C=O) groups excluding carboxylic acids is 3. The predicted octanol–water partition coefficient (Wildman–Crippen LogP) is 5.32. The van der Waals surface area contributed by atoms with Crippen LogP contribution in [0.3, 0.4) is 0 Å². The molecule has 1 unspecified atom stereocenters. The van der Waals surface area contributed by atoms with E-state index in [1.807, 2.05) is 0 Å². The summed E-state index contributed by atoms with van der Waals surface area (Å²) in [5, 5.41) is 13.0. The van der Waals surface area contributed by atoms with E-state index in [2.05, 4.69) is 37.2 Å². The van der Waals surface area contributed by atoms with Crippen molar-refractivity contribution in [2.45, 2.75) is 19.9 Å². The lowest BCUT2D eigenvalue weighted by Gasteiger charge is -2.22. The third-order valence-electron chi connectivity index (χ3n) is 4.60. The highest BCUT2D eigenvalue weighted by Crippen LogP contribution is 2.38. The molecule has 2 N–H and O–H groups in total. The Bertz CT molecular complexity index is 1170. The fourth-order valence-corrected chi connectivity index (χ4v) is 5.59. The maximum Gasteiger partial charge on any atom is 0.338 e. The summed E-state index contributed by atoms with van der Waals surface area (Å²) in [6, 6.07) is 8.72. The van der Waals surface area contributed by atoms with Gasteiger partial charge >= 0.3 is 5.97 Å². The van der Waals surface area contributed by atoms with E-state index in [0.717, 1.165) is 16.2 Å². The Morgan fingerprint density at radius 1 is 1.27 bits per heavy atom. The van der Waals surface area contributed by atoms with Crippen molar-refractivity contribution < 1.29 is 24.2 Å². The monoisotopic (exact) mass is 612 g/mol. The van der Waals surface area contributed by atoms with E-state index in [1.54, 1.807) is 50.2 Å². The number of aromatic hydroxyl groups is 1. The van der Waals surface area contributed by atoms with Crippen molar-refractivity contribution in [2.24, 2.45) is 0 Å². The number of hydrogen-bond donors (Lipinski definition) is 2. The molecule has 33 heavy (non-hydrogen) atoms. The maximum atomic E-state index is 13.0. The Morgan fingerprint density at radius 3 is 2.58 bits per heavy atom. The minimum absolute atomic E-state index is 0.0134. The Morgan fingerprint density at radius 2 is 1.94 bits per heavy atom. The van der Waals surface area contributed by atoms with E-state index in [1.165, 1.54) is 11.0 Å². The van der Waals surface area contributed by atoms with Crippen LogP contribution < -0.4 is 5.32 Å². The highest BCUT2D eigenvalue weighted by molar-refractivity contribution is 9.11. The molecule has 1 saturated heterocycles. The molecule has 2 aromatic carbocycles. The van der Waals surface area contributed by atoms with Gasteiger partial charge in [-0.05, 0) is 72.3 Å². The molecule has 1 fully saturated rings. The van der Waals surface area contributed by atoms with Gasteiger partial charge in [0.05, 0.1) is 21.5 Å². The number of esters is 1. The molecular weight excluding hydrogens is 596 g/mol. The van der Waals surface area contributed by atoms with Gasteiger partial charge in [-0.3, -0.25) is 14.5 Å². The van der Waals surface area contributed by atoms with Crippen molar-refractivity contribution in [1.82, 2.24) is 4.90 Å². The van der Waals surface area contributed by atoms with E-state index < -0.39 is 23.8 Å². The first-order valence-electron chi connectivity index (χ1n) is 9.65. The molecule has 0 bridgehead atoms. The van der Waals surface area contributed by atoms with Crippen LogP contribution in [0, 0.1) is 0 Å². The molecule has 2 aromatic rings. The molecule has 7 nitrogen and oxygen atoms in total. The number of thiocarbonyl (C=S) groups is 1. The average Bonchev–Trinajstić information content (AvgIpc) is 3.04. The molecule has 0 spiro atoms. The van der Waals surface area contributed by atoms with E-state index in [9.17, 15) is 19.5 Å². The standard InChI is InChI=1S/C22H18Br2N2O5S2/c1-3-31-21(30)12-4-6-15(7-5-12)25-19(28)11(2)26-20(29)17(33-22(26)32)9-13-8-14(23)10-16(24)18(13)27/h4-11,27H,3H2,1-2H3,(H,25,28)/b17-9-. The second kappa shape index (κ2) is 10.8. The maximum absolute atomic E-state index is 13.0. The van der Waals surface area contributed by atoms with E-state index in [-0.39, 0.29) is 16.7 Å². The first kappa shape index (κ1) is 25.4. The highest BCUT2D eigenvalue weighted by atomic mass is 79.9. The zero-order chi connectivity index (χ0) is 24.3. The number of nitrogens with zero attached hydrogens (tertiary/aromatic N) is 1. The molecule has 3 rings (SSSR count). The average molecular weight is 614 g/mol. The summed E-state index contributed by atoms with van der Waals surface area (Å²) >= 11 is 13.0. The number of phenols is 1. The smallest absolute Gasteiger partial charge is 0.338 e. The molecule has 2 amide bonds. The molecule has 11 heteroatoms. The number of ether oxygens (including phenoxy) is 1. The fourth-order valence-electron chi connectivity index (χ4n) is 2.92. The Hall–Kier alpha value is -2.21. The van der Waals surface area contributed by atoms with Gasteiger partial charge in [-0.1, -0.05) is 39.9 Å². The van der Waals surface area contributed by atoms with Gasteiger partial charge in [-0.2, -0.15) is 0 Å².